The minimum Gasteiger partial charge on any atom is -0.399 e. The summed E-state index contributed by atoms with van der Waals surface area (Å²) in [5.41, 5.74) is 0.712. The Balaban J connectivity index is 1.41. The Morgan fingerprint density at radius 3 is 2.27 bits per heavy atom. The first kappa shape index (κ1) is 24.4. The molecule has 2 aliphatic rings. The number of carbonyl (C=O) groups is 1. The Morgan fingerprint density at radius 2 is 1.73 bits per heavy atom. The standard InChI is InChI=1S/C23H31BN2O5S2/c1-21(2,18-14-32-20(25-18)26-33(28,29)17-11-12-17)19(27)13-15-7-9-16(10-8-15)24-30-22(3,4)23(5,6)31-24/h7-10,14,17H,11-13H2,1-6H3,(H,25,26). The third-order valence-electron chi connectivity index (χ3n) is 6.90. The monoisotopic (exact) mass is 490 g/mol. The van der Waals surface area contributed by atoms with E-state index in [9.17, 15) is 13.2 Å². The molecule has 0 atom stereocenters. The lowest BCUT2D eigenvalue weighted by molar-refractivity contribution is -0.122. The first-order valence-corrected chi connectivity index (χ1v) is 13.6. The minimum atomic E-state index is -3.37. The molecule has 33 heavy (non-hydrogen) atoms. The van der Waals surface area contributed by atoms with Gasteiger partial charge in [0.15, 0.2) is 5.13 Å². The van der Waals surface area contributed by atoms with Gasteiger partial charge in [-0.05, 0) is 65.4 Å². The summed E-state index contributed by atoms with van der Waals surface area (Å²) >= 11 is 1.21. The average Bonchev–Trinajstić information content (AvgIpc) is 3.43. The molecule has 2 heterocycles. The number of hydrogen-bond donors (Lipinski definition) is 1. The molecular formula is C23H31BN2O5S2. The third kappa shape index (κ3) is 4.89. The van der Waals surface area contributed by atoms with Crippen molar-refractivity contribution in [2.45, 2.75) is 82.7 Å². The predicted molar refractivity (Wildman–Crippen MR) is 132 cm³/mol. The van der Waals surface area contributed by atoms with Crippen molar-refractivity contribution in [1.29, 1.82) is 0 Å². The van der Waals surface area contributed by atoms with Crippen LogP contribution in [-0.2, 0) is 36.0 Å². The van der Waals surface area contributed by atoms with Crippen molar-refractivity contribution >= 4 is 44.9 Å². The van der Waals surface area contributed by atoms with Gasteiger partial charge < -0.3 is 9.31 Å². The van der Waals surface area contributed by atoms with E-state index in [0.29, 0.717) is 23.7 Å². The lowest BCUT2D eigenvalue weighted by Crippen LogP contribution is -2.41. The van der Waals surface area contributed by atoms with Gasteiger partial charge in [-0.15, -0.1) is 11.3 Å². The maximum Gasteiger partial charge on any atom is 0.494 e. The van der Waals surface area contributed by atoms with E-state index in [1.807, 2.05) is 65.8 Å². The molecule has 0 unspecified atom stereocenters. The van der Waals surface area contributed by atoms with Gasteiger partial charge in [0.05, 0.1) is 27.6 Å². The number of anilines is 1. The number of nitrogens with one attached hydrogen (secondary N) is 1. The van der Waals surface area contributed by atoms with Crippen LogP contribution in [0.3, 0.4) is 0 Å². The molecule has 0 bridgehead atoms. The molecule has 0 spiro atoms. The first-order chi connectivity index (χ1) is 15.2. The lowest BCUT2D eigenvalue weighted by Gasteiger charge is -2.32. The largest absolute Gasteiger partial charge is 0.494 e. The second kappa shape index (κ2) is 8.18. The number of sulfonamides is 1. The maximum absolute atomic E-state index is 13.1. The van der Waals surface area contributed by atoms with E-state index in [0.717, 1.165) is 11.0 Å². The lowest BCUT2D eigenvalue weighted by atomic mass is 9.78. The molecule has 10 heteroatoms. The van der Waals surface area contributed by atoms with E-state index in [-0.39, 0.29) is 17.5 Å². The highest BCUT2D eigenvalue weighted by Crippen LogP contribution is 2.36. The van der Waals surface area contributed by atoms with Crippen molar-refractivity contribution in [3.63, 3.8) is 0 Å². The molecule has 1 aromatic carbocycles. The summed E-state index contributed by atoms with van der Waals surface area (Å²) in [5, 5.41) is 1.74. The quantitative estimate of drug-likeness (QED) is 0.570. The molecule has 1 aromatic heterocycles. The fourth-order valence-corrected chi connectivity index (χ4v) is 5.99. The molecule has 0 amide bonds. The van der Waals surface area contributed by atoms with Gasteiger partial charge >= 0.3 is 7.12 Å². The van der Waals surface area contributed by atoms with Crippen molar-refractivity contribution in [3.05, 3.63) is 40.9 Å². The van der Waals surface area contributed by atoms with Gasteiger partial charge in [-0.25, -0.2) is 13.4 Å². The van der Waals surface area contributed by atoms with Crippen LogP contribution in [0.25, 0.3) is 0 Å². The molecule has 4 rings (SSSR count). The van der Waals surface area contributed by atoms with Crippen LogP contribution in [0.2, 0.25) is 0 Å². The molecule has 0 radical (unpaired) electrons. The number of ketones is 1. The van der Waals surface area contributed by atoms with E-state index in [4.69, 9.17) is 9.31 Å². The molecule has 1 saturated heterocycles. The fourth-order valence-electron chi connectivity index (χ4n) is 3.51. The number of Topliss-reactive ketones (excluding diaryl/α,β-unsaturated/α-hetero) is 1. The third-order valence-corrected chi connectivity index (χ3v) is 9.62. The van der Waals surface area contributed by atoms with Crippen LogP contribution in [0.1, 0.15) is 65.6 Å². The number of nitrogens with zero attached hydrogens (tertiary/aromatic N) is 1. The van der Waals surface area contributed by atoms with Crippen LogP contribution >= 0.6 is 11.3 Å². The number of hydrogen-bond acceptors (Lipinski definition) is 7. The Morgan fingerprint density at radius 1 is 1.15 bits per heavy atom. The Bertz CT molecular complexity index is 1140. The number of thiazole rings is 1. The number of rotatable bonds is 8. The van der Waals surface area contributed by atoms with Crippen molar-refractivity contribution in [2.75, 3.05) is 4.72 Å². The smallest absolute Gasteiger partial charge is 0.399 e. The minimum absolute atomic E-state index is 0.00721. The van der Waals surface area contributed by atoms with E-state index >= 15 is 0 Å². The summed E-state index contributed by atoms with van der Waals surface area (Å²) in [6.07, 6.45) is 1.62. The van der Waals surface area contributed by atoms with Gasteiger partial charge in [0.2, 0.25) is 10.0 Å². The summed E-state index contributed by atoms with van der Waals surface area (Å²) in [6.45, 7) is 11.7. The van der Waals surface area contributed by atoms with Gasteiger partial charge in [-0.1, -0.05) is 24.3 Å². The van der Waals surface area contributed by atoms with Gasteiger partial charge in [0.25, 0.3) is 0 Å². The summed E-state index contributed by atoms with van der Waals surface area (Å²) in [4.78, 5) is 17.5. The molecule has 7 nitrogen and oxygen atoms in total. The predicted octanol–water partition coefficient (Wildman–Crippen LogP) is 3.44. The van der Waals surface area contributed by atoms with Crippen molar-refractivity contribution in [2.24, 2.45) is 0 Å². The molecule has 178 valence electrons. The highest BCUT2D eigenvalue weighted by atomic mass is 32.2. The normalized spacial score (nSPS) is 20.1. The maximum atomic E-state index is 13.1. The van der Waals surface area contributed by atoms with Gasteiger partial charge in [-0.3, -0.25) is 9.52 Å². The van der Waals surface area contributed by atoms with Crippen LogP contribution in [0.4, 0.5) is 5.13 Å². The number of carbonyl (C=O) groups excluding carboxylic acids is 1. The SMILES string of the molecule is CC(C)(C(=O)Cc1ccc(B2OC(C)(C)C(C)(C)O2)cc1)c1csc(NS(=O)(=O)C2CC2)n1. The summed E-state index contributed by atoms with van der Waals surface area (Å²) < 4.78 is 39.1. The van der Waals surface area contributed by atoms with Crippen LogP contribution in [0, 0.1) is 0 Å². The van der Waals surface area contributed by atoms with E-state index in [2.05, 4.69) is 9.71 Å². The second-order valence-corrected chi connectivity index (χ2v) is 13.3. The Hall–Kier alpha value is -1.75. The molecule has 1 saturated carbocycles. The first-order valence-electron chi connectivity index (χ1n) is 11.2. The number of aromatic nitrogens is 1. The zero-order valence-electron chi connectivity index (χ0n) is 20.0. The highest BCUT2D eigenvalue weighted by Gasteiger charge is 2.51. The van der Waals surface area contributed by atoms with Gasteiger partial charge in [0.1, 0.15) is 5.78 Å². The second-order valence-electron chi connectivity index (χ2n) is 10.4. The average molecular weight is 490 g/mol. The van der Waals surface area contributed by atoms with Gasteiger partial charge in [0, 0.05) is 11.8 Å². The molecule has 1 N–H and O–H groups in total. The molecule has 1 aliphatic heterocycles. The van der Waals surface area contributed by atoms with E-state index < -0.39 is 33.8 Å². The summed E-state index contributed by atoms with van der Waals surface area (Å²) in [5.74, 6) is 0.00721. The van der Waals surface area contributed by atoms with Crippen LogP contribution in [0.15, 0.2) is 29.6 Å². The van der Waals surface area contributed by atoms with Crippen molar-refractivity contribution < 1.29 is 22.5 Å². The van der Waals surface area contributed by atoms with Crippen LogP contribution < -0.4 is 10.2 Å². The van der Waals surface area contributed by atoms with E-state index in [1.54, 1.807) is 5.38 Å². The van der Waals surface area contributed by atoms with Crippen molar-refractivity contribution in [1.82, 2.24) is 4.98 Å². The Kier molecular flexibility index (Phi) is 6.05. The molecule has 2 fully saturated rings. The van der Waals surface area contributed by atoms with Crippen LogP contribution in [0.5, 0.6) is 0 Å². The zero-order valence-corrected chi connectivity index (χ0v) is 21.6. The summed E-state index contributed by atoms with van der Waals surface area (Å²) in [7, 11) is -3.82. The highest BCUT2D eigenvalue weighted by molar-refractivity contribution is 7.93. The number of benzene rings is 1. The molecule has 1 aliphatic carbocycles. The van der Waals surface area contributed by atoms with E-state index in [1.165, 1.54) is 11.3 Å². The molecule has 2 aromatic rings. The van der Waals surface area contributed by atoms with Crippen LogP contribution in [-0.4, -0.2) is 42.8 Å². The zero-order chi connectivity index (χ0) is 24.2. The van der Waals surface area contributed by atoms with Gasteiger partial charge in [-0.2, -0.15) is 0 Å². The van der Waals surface area contributed by atoms with Crippen molar-refractivity contribution in [3.8, 4) is 0 Å². The molecular weight excluding hydrogens is 459 g/mol. The summed E-state index contributed by atoms with van der Waals surface area (Å²) in [6, 6.07) is 7.71. The Labute approximate surface area is 200 Å². The fraction of sp³-hybridized carbons (Fsp3) is 0.565. The topological polar surface area (TPSA) is 94.6 Å².